The lowest BCUT2D eigenvalue weighted by atomic mass is 9.89. The van der Waals surface area contributed by atoms with Crippen molar-refractivity contribution in [2.45, 2.75) is 51.0 Å². The van der Waals surface area contributed by atoms with E-state index in [1.165, 1.54) is 44.2 Å². The van der Waals surface area contributed by atoms with E-state index in [4.69, 9.17) is 17.2 Å². The number of rotatable bonds is 5. The molecule has 0 radical (unpaired) electrons. The largest absolute Gasteiger partial charge is 0.362 e. The molecular formula is C24H28F2N6S. The number of fused-ring (bicyclic) bond motifs is 1. The van der Waals surface area contributed by atoms with E-state index < -0.39 is 11.6 Å². The first-order valence-electron chi connectivity index (χ1n) is 11.7. The molecule has 1 aliphatic heterocycles. The van der Waals surface area contributed by atoms with Gasteiger partial charge in [-0.25, -0.2) is 18.3 Å². The minimum atomic E-state index is -0.432. The van der Waals surface area contributed by atoms with Crippen LogP contribution in [0.1, 0.15) is 56.6 Å². The highest BCUT2D eigenvalue weighted by Gasteiger charge is 2.30. The first-order chi connectivity index (χ1) is 16.1. The molecule has 2 aliphatic rings. The Bertz CT molecular complexity index is 1140. The molecular weight excluding hydrogens is 442 g/mol. The molecule has 0 spiro atoms. The topological polar surface area (TPSA) is 57.5 Å². The van der Waals surface area contributed by atoms with Crippen LogP contribution in [0, 0.1) is 17.6 Å². The Kier molecular flexibility index (Phi) is 6.39. The first kappa shape index (κ1) is 22.0. The lowest BCUT2D eigenvalue weighted by molar-refractivity contribution is 0.357. The third-order valence-corrected chi connectivity index (χ3v) is 6.99. The Hall–Kier alpha value is -2.81. The molecule has 174 valence electrons. The van der Waals surface area contributed by atoms with E-state index in [2.05, 4.69) is 15.7 Å². The highest BCUT2D eigenvalue weighted by molar-refractivity contribution is 7.80. The number of anilines is 2. The van der Waals surface area contributed by atoms with Gasteiger partial charge in [-0.3, -0.25) is 0 Å². The molecule has 6 nitrogen and oxygen atoms in total. The maximum Gasteiger partial charge on any atom is 0.180 e. The van der Waals surface area contributed by atoms with Gasteiger partial charge in [-0.1, -0.05) is 19.3 Å². The summed E-state index contributed by atoms with van der Waals surface area (Å²) in [6.45, 7) is 1.60. The number of nitrogens with zero attached hydrogens (tertiary/aromatic N) is 4. The number of halogens is 2. The zero-order valence-electron chi connectivity index (χ0n) is 18.4. The van der Waals surface area contributed by atoms with Crippen molar-refractivity contribution in [3.05, 3.63) is 53.9 Å². The van der Waals surface area contributed by atoms with E-state index in [0.29, 0.717) is 33.7 Å². The number of hydrogen-bond donors (Lipinski definition) is 2. The summed E-state index contributed by atoms with van der Waals surface area (Å²) in [5.41, 5.74) is 1.72. The van der Waals surface area contributed by atoms with Crippen molar-refractivity contribution in [3.63, 3.8) is 0 Å². The van der Waals surface area contributed by atoms with Gasteiger partial charge in [0, 0.05) is 24.8 Å². The maximum absolute atomic E-state index is 14.5. The summed E-state index contributed by atoms with van der Waals surface area (Å²) in [5.74, 6) is 0.550. The van der Waals surface area contributed by atoms with Gasteiger partial charge < -0.3 is 15.5 Å². The second kappa shape index (κ2) is 9.59. The molecule has 33 heavy (non-hydrogen) atoms. The summed E-state index contributed by atoms with van der Waals surface area (Å²) < 4.78 is 30.0. The molecule has 1 aromatic carbocycles. The summed E-state index contributed by atoms with van der Waals surface area (Å²) in [5, 5.41) is 11.5. The van der Waals surface area contributed by atoms with E-state index in [1.807, 2.05) is 17.2 Å². The molecule has 1 aliphatic carbocycles. The van der Waals surface area contributed by atoms with Crippen LogP contribution in [0.25, 0.3) is 5.65 Å². The van der Waals surface area contributed by atoms with Crippen LogP contribution in [0.5, 0.6) is 0 Å². The normalized spacial score (nSPS) is 19.2. The Morgan fingerprint density at radius 1 is 1.09 bits per heavy atom. The van der Waals surface area contributed by atoms with E-state index in [9.17, 15) is 8.78 Å². The summed E-state index contributed by atoms with van der Waals surface area (Å²) in [6, 6.07) is 5.24. The summed E-state index contributed by atoms with van der Waals surface area (Å²) in [7, 11) is 0. The second-order valence-corrected chi connectivity index (χ2v) is 9.38. The van der Waals surface area contributed by atoms with E-state index >= 15 is 0 Å². The molecule has 0 amide bonds. The predicted molar refractivity (Wildman–Crippen MR) is 129 cm³/mol. The van der Waals surface area contributed by atoms with Gasteiger partial charge in [0.1, 0.15) is 23.1 Å². The van der Waals surface area contributed by atoms with Crippen molar-refractivity contribution >= 4 is 34.5 Å². The third kappa shape index (κ3) is 4.78. The first-order valence-corrected chi connectivity index (χ1v) is 12.1. The van der Waals surface area contributed by atoms with Gasteiger partial charge in [0.05, 0.1) is 12.2 Å². The van der Waals surface area contributed by atoms with Crippen molar-refractivity contribution in [3.8, 4) is 0 Å². The van der Waals surface area contributed by atoms with Crippen LogP contribution < -0.4 is 15.5 Å². The van der Waals surface area contributed by atoms with Crippen LogP contribution >= 0.6 is 12.2 Å². The fourth-order valence-corrected chi connectivity index (χ4v) is 5.23. The quantitative estimate of drug-likeness (QED) is 0.499. The smallest absolute Gasteiger partial charge is 0.180 e. The Balaban J connectivity index is 1.33. The zero-order chi connectivity index (χ0) is 22.8. The predicted octanol–water partition coefficient (Wildman–Crippen LogP) is 5.22. The molecule has 1 saturated heterocycles. The highest BCUT2D eigenvalue weighted by Crippen LogP contribution is 2.37. The van der Waals surface area contributed by atoms with Crippen LogP contribution in [0.15, 0.2) is 36.7 Å². The van der Waals surface area contributed by atoms with Crippen LogP contribution in [-0.4, -0.2) is 32.8 Å². The number of aromatic nitrogens is 3. The molecule has 1 saturated carbocycles. The van der Waals surface area contributed by atoms with Gasteiger partial charge in [-0.2, -0.15) is 5.10 Å². The summed E-state index contributed by atoms with van der Waals surface area (Å²) in [6.07, 6.45) is 11.6. The van der Waals surface area contributed by atoms with Crippen molar-refractivity contribution in [2.24, 2.45) is 5.92 Å². The van der Waals surface area contributed by atoms with Crippen molar-refractivity contribution in [1.82, 2.24) is 19.9 Å². The summed E-state index contributed by atoms with van der Waals surface area (Å²) >= 11 is 5.51. The molecule has 5 rings (SSSR count). The monoisotopic (exact) mass is 470 g/mol. The van der Waals surface area contributed by atoms with Gasteiger partial charge in [0.15, 0.2) is 10.8 Å². The Morgan fingerprint density at radius 2 is 1.94 bits per heavy atom. The van der Waals surface area contributed by atoms with Crippen molar-refractivity contribution < 1.29 is 8.78 Å². The zero-order valence-corrected chi connectivity index (χ0v) is 19.3. The van der Waals surface area contributed by atoms with Crippen LogP contribution in [0.3, 0.4) is 0 Å². The number of nitrogens with one attached hydrogen (secondary N) is 2. The Labute approximate surface area is 197 Å². The maximum atomic E-state index is 14.5. The number of hydrogen-bond acceptors (Lipinski definition) is 4. The molecule has 9 heteroatoms. The molecule has 3 aromatic rings. The fraction of sp³-hybridized carbons (Fsp3) is 0.458. The van der Waals surface area contributed by atoms with Crippen LogP contribution in [0.4, 0.5) is 20.3 Å². The van der Waals surface area contributed by atoms with E-state index in [-0.39, 0.29) is 6.04 Å². The van der Waals surface area contributed by atoms with Crippen LogP contribution in [0.2, 0.25) is 0 Å². The minimum absolute atomic E-state index is 0.256. The van der Waals surface area contributed by atoms with E-state index in [1.54, 1.807) is 10.7 Å². The molecule has 2 aromatic heterocycles. The number of benzene rings is 1. The highest BCUT2D eigenvalue weighted by atomic mass is 32.1. The van der Waals surface area contributed by atoms with Crippen molar-refractivity contribution in [1.29, 1.82) is 0 Å². The average molecular weight is 471 g/mol. The molecule has 1 atom stereocenters. The molecule has 2 N–H and O–H groups in total. The second-order valence-electron chi connectivity index (χ2n) is 8.97. The van der Waals surface area contributed by atoms with Gasteiger partial charge >= 0.3 is 0 Å². The molecule has 0 unspecified atom stereocenters. The van der Waals surface area contributed by atoms with E-state index in [0.717, 1.165) is 32.0 Å². The van der Waals surface area contributed by atoms with Crippen molar-refractivity contribution in [2.75, 3.05) is 23.3 Å². The molecule has 3 heterocycles. The molecule has 0 bridgehead atoms. The SMILES string of the molecule is Fc1ccc(F)c([C@H]2CCCN2c2ccn3ncc(NC(=S)NCC4CCCCC4)c3n2)c1. The van der Waals surface area contributed by atoms with Gasteiger partial charge in [-0.05, 0) is 68.1 Å². The lowest BCUT2D eigenvalue weighted by Crippen LogP contribution is -2.33. The minimum Gasteiger partial charge on any atom is -0.362 e. The summed E-state index contributed by atoms with van der Waals surface area (Å²) in [4.78, 5) is 6.84. The fourth-order valence-electron chi connectivity index (χ4n) is 5.04. The average Bonchev–Trinajstić information content (AvgIpc) is 3.47. The van der Waals surface area contributed by atoms with Gasteiger partial charge in [0.2, 0.25) is 0 Å². The molecule has 2 fully saturated rings. The number of thiocarbonyl (C=S) groups is 1. The van der Waals surface area contributed by atoms with Gasteiger partial charge in [-0.15, -0.1) is 0 Å². The standard InChI is InChI=1S/C24H28F2N6S/c25-17-8-9-19(26)18(13-17)21-7-4-11-31(21)22-10-12-32-23(30-22)20(15-28-32)29-24(33)27-14-16-5-2-1-3-6-16/h8-10,12-13,15-16,21H,1-7,11,14H2,(H2,27,29,33)/t21-/m1/s1. The van der Waals surface area contributed by atoms with Crippen LogP contribution in [-0.2, 0) is 0 Å². The van der Waals surface area contributed by atoms with Gasteiger partial charge in [0.25, 0.3) is 0 Å². The lowest BCUT2D eigenvalue weighted by Gasteiger charge is -2.26. The Morgan fingerprint density at radius 3 is 2.79 bits per heavy atom. The third-order valence-electron chi connectivity index (χ3n) is 6.74.